The van der Waals surface area contributed by atoms with Crippen molar-refractivity contribution in [3.05, 3.63) is 64.4 Å². The summed E-state index contributed by atoms with van der Waals surface area (Å²) < 4.78 is 2.12. The number of hydrogen-bond acceptors (Lipinski definition) is 2. The zero-order valence-electron chi connectivity index (χ0n) is 11.0. The third-order valence-electron chi connectivity index (χ3n) is 3.33. The van der Waals surface area contributed by atoms with Gasteiger partial charge in [-0.2, -0.15) is 0 Å². The number of aromatic nitrogens is 2. The van der Waals surface area contributed by atoms with Crippen molar-refractivity contribution in [3.8, 4) is 0 Å². The number of carbonyl (C=O) groups is 1. The van der Waals surface area contributed by atoms with Crippen LogP contribution in [0.2, 0.25) is 5.02 Å². The van der Waals surface area contributed by atoms with Crippen molar-refractivity contribution >= 4 is 28.9 Å². The summed E-state index contributed by atoms with van der Waals surface area (Å²) in [6.45, 7) is 2.68. The predicted octanol–water partition coefficient (Wildman–Crippen LogP) is 3.86. The van der Waals surface area contributed by atoms with Gasteiger partial charge in [-0.3, -0.25) is 4.79 Å². The van der Waals surface area contributed by atoms with E-state index in [0.29, 0.717) is 12.1 Å². The van der Waals surface area contributed by atoms with Crippen molar-refractivity contribution in [2.45, 2.75) is 13.5 Å². The minimum Gasteiger partial charge on any atom is -0.324 e. The van der Waals surface area contributed by atoms with Gasteiger partial charge in [0, 0.05) is 17.1 Å². The molecule has 0 aliphatic carbocycles. The van der Waals surface area contributed by atoms with Crippen LogP contribution in [-0.4, -0.2) is 15.8 Å². The van der Waals surface area contributed by atoms with Gasteiger partial charge in [0.2, 0.25) is 0 Å². The standard InChI is InChI=1S/C16H13ClN2O/c1-11-18-15-8-13(10-20)5-6-16(15)19(11)9-12-3-2-4-14(17)7-12/h2-8,10H,9H2,1H3. The quantitative estimate of drug-likeness (QED) is 0.685. The van der Waals surface area contributed by atoms with Crippen molar-refractivity contribution < 1.29 is 4.79 Å². The summed E-state index contributed by atoms with van der Waals surface area (Å²) >= 11 is 6.02. The average molecular weight is 285 g/mol. The van der Waals surface area contributed by atoms with Crippen LogP contribution in [0.15, 0.2) is 42.5 Å². The second kappa shape index (κ2) is 5.10. The first-order valence-corrected chi connectivity index (χ1v) is 6.71. The molecular weight excluding hydrogens is 272 g/mol. The van der Waals surface area contributed by atoms with Crippen LogP contribution in [0, 0.1) is 6.92 Å². The highest BCUT2D eigenvalue weighted by atomic mass is 35.5. The minimum atomic E-state index is 0.643. The lowest BCUT2D eigenvalue weighted by Gasteiger charge is -2.07. The molecule has 1 aromatic heterocycles. The van der Waals surface area contributed by atoms with Crippen molar-refractivity contribution in [3.63, 3.8) is 0 Å². The highest BCUT2D eigenvalue weighted by molar-refractivity contribution is 6.30. The number of aryl methyl sites for hydroxylation is 1. The van der Waals surface area contributed by atoms with Crippen LogP contribution < -0.4 is 0 Å². The van der Waals surface area contributed by atoms with E-state index in [1.54, 1.807) is 0 Å². The Bertz CT molecular complexity index is 792. The topological polar surface area (TPSA) is 34.9 Å². The fraction of sp³-hybridized carbons (Fsp3) is 0.125. The Morgan fingerprint density at radius 2 is 2.10 bits per heavy atom. The molecule has 0 atom stereocenters. The SMILES string of the molecule is Cc1nc2cc(C=O)ccc2n1Cc1cccc(Cl)c1. The van der Waals surface area contributed by atoms with Crippen molar-refractivity contribution in [1.29, 1.82) is 0 Å². The number of benzene rings is 2. The van der Waals surface area contributed by atoms with Gasteiger partial charge in [0.25, 0.3) is 0 Å². The highest BCUT2D eigenvalue weighted by Gasteiger charge is 2.08. The summed E-state index contributed by atoms with van der Waals surface area (Å²) in [5, 5.41) is 0.729. The molecule has 20 heavy (non-hydrogen) atoms. The summed E-state index contributed by atoms with van der Waals surface area (Å²) in [6.07, 6.45) is 0.838. The summed E-state index contributed by atoms with van der Waals surface area (Å²) in [5.41, 5.74) is 3.63. The number of rotatable bonds is 3. The lowest BCUT2D eigenvalue weighted by Crippen LogP contribution is -2.01. The molecule has 4 heteroatoms. The largest absolute Gasteiger partial charge is 0.324 e. The maximum absolute atomic E-state index is 10.8. The van der Waals surface area contributed by atoms with Crippen molar-refractivity contribution in [2.24, 2.45) is 0 Å². The average Bonchev–Trinajstić information content (AvgIpc) is 2.74. The van der Waals surface area contributed by atoms with E-state index in [9.17, 15) is 4.79 Å². The molecule has 3 nitrogen and oxygen atoms in total. The number of hydrogen-bond donors (Lipinski definition) is 0. The van der Waals surface area contributed by atoms with Crippen LogP contribution in [0.3, 0.4) is 0 Å². The van der Waals surface area contributed by atoms with Crippen LogP contribution in [0.5, 0.6) is 0 Å². The molecule has 0 saturated carbocycles. The lowest BCUT2D eigenvalue weighted by atomic mass is 10.2. The summed E-state index contributed by atoms with van der Waals surface area (Å²) in [5.74, 6) is 0.919. The Morgan fingerprint density at radius 1 is 1.25 bits per heavy atom. The molecule has 0 unspecified atom stereocenters. The smallest absolute Gasteiger partial charge is 0.150 e. The molecular formula is C16H13ClN2O. The molecule has 0 saturated heterocycles. The molecule has 0 amide bonds. The van der Waals surface area contributed by atoms with Crippen molar-refractivity contribution in [1.82, 2.24) is 9.55 Å². The molecule has 0 spiro atoms. The van der Waals surface area contributed by atoms with Crippen molar-refractivity contribution in [2.75, 3.05) is 0 Å². The number of fused-ring (bicyclic) bond motifs is 1. The summed E-state index contributed by atoms with van der Waals surface area (Å²) in [6, 6.07) is 13.3. The van der Waals surface area contributed by atoms with E-state index in [1.165, 1.54) is 0 Å². The zero-order valence-corrected chi connectivity index (χ0v) is 11.8. The number of nitrogens with zero attached hydrogens (tertiary/aromatic N) is 2. The van der Waals surface area contributed by atoms with Gasteiger partial charge in [-0.25, -0.2) is 4.98 Å². The number of imidazole rings is 1. The second-order valence-electron chi connectivity index (χ2n) is 4.74. The molecule has 0 N–H and O–H groups in total. The molecule has 0 radical (unpaired) electrons. The van der Waals surface area contributed by atoms with Crippen LogP contribution >= 0.6 is 11.6 Å². The number of carbonyl (C=O) groups excluding carboxylic acids is 1. The third kappa shape index (κ3) is 2.32. The Hall–Kier alpha value is -2.13. The molecule has 0 fully saturated rings. The Kier molecular flexibility index (Phi) is 3.28. The van der Waals surface area contributed by atoms with Gasteiger partial charge in [-0.1, -0.05) is 23.7 Å². The molecule has 100 valence electrons. The first-order chi connectivity index (χ1) is 9.67. The normalized spacial score (nSPS) is 10.9. The number of halogens is 1. The van der Waals surface area contributed by atoms with E-state index in [1.807, 2.05) is 49.4 Å². The van der Waals surface area contributed by atoms with Gasteiger partial charge in [0.15, 0.2) is 0 Å². The molecule has 1 heterocycles. The fourth-order valence-corrected chi connectivity index (χ4v) is 2.57. The van der Waals surface area contributed by atoms with E-state index in [2.05, 4.69) is 9.55 Å². The predicted molar refractivity (Wildman–Crippen MR) is 80.4 cm³/mol. The maximum Gasteiger partial charge on any atom is 0.150 e. The Morgan fingerprint density at radius 3 is 2.85 bits per heavy atom. The Labute approximate surface area is 121 Å². The van der Waals surface area contributed by atoms with E-state index < -0.39 is 0 Å². The van der Waals surface area contributed by atoms with Crippen LogP contribution in [0.4, 0.5) is 0 Å². The van der Waals surface area contributed by atoms with E-state index in [-0.39, 0.29) is 0 Å². The molecule has 2 aromatic carbocycles. The van der Waals surface area contributed by atoms with Gasteiger partial charge >= 0.3 is 0 Å². The first-order valence-electron chi connectivity index (χ1n) is 6.34. The number of aldehydes is 1. The molecule has 3 aromatic rings. The monoisotopic (exact) mass is 284 g/mol. The fourth-order valence-electron chi connectivity index (χ4n) is 2.36. The molecule has 3 rings (SSSR count). The molecule has 0 bridgehead atoms. The minimum absolute atomic E-state index is 0.643. The second-order valence-corrected chi connectivity index (χ2v) is 5.18. The van der Waals surface area contributed by atoms with Gasteiger partial charge in [0.05, 0.1) is 11.0 Å². The van der Waals surface area contributed by atoms with Gasteiger partial charge < -0.3 is 4.57 Å². The van der Waals surface area contributed by atoms with Crippen LogP contribution in [-0.2, 0) is 6.54 Å². The maximum atomic E-state index is 10.8. The highest BCUT2D eigenvalue weighted by Crippen LogP contribution is 2.20. The Balaban J connectivity index is 2.07. The van der Waals surface area contributed by atoms with E-state index in [0.717, 1.165) is 33.7 Å². The third-order valence-corrected chi connectivity index (χ3v) is 3.56. The zero-order chi connectivity index (χ0) is 14.1. The van der Waals surface area contributed by atoms with Crippen LogP contribution in [0.1, 0.15) is 21.7 Å². The van der Waals surface area contributed by atoms with E-state index in [4.69, 9.17) is 11.6 Å². The van der Waals surface area contributed by atoms with Gasteiger partial charge in [0.1, 0.15) is 12.1 Å². The van der Waals surface area contributed by atoms with Gasteiger partial charge in [-0.05, 0) is 42.8 Å². The summed E-state index contributed by atoms with van der Waals surface area (Å²) in [4.78, 5) is 15.3. The van der Waals surface area contributed by atoms with E-state index >= 15 is 0 Å². The first kappa shape index (κ1) is 12.9. The van der Waals surface area contributed by atoms with Gasteiger partial charge in [-0.15, -0.1) is 0 Å². The molecule has 0 aliphatic rings. The molecule has 0 aliphatic heterocycles. The van der Waals surface area contributed by atoms with Crippen LogP contribution in [0.25, 0.3) is 11.0 Å². The summed E-state index contributed by atoms with van der Waals surface area (Å²) in [7, 11) is 0. The lowest BCUT2D eigenvalue weighted by molar-refractivity contribution is 0.112.